The summed E-state index contributed by atoms with van der Waals surface area (Å²) >= 11 is 0. The second-order valence-corrected chi connectivity index (χ2v) is 6.25. The first-order valence-electron chi connectivity index (χ1n) is 7.81. The van der Waals surface area contributed by atoms with Gasteiger partial charge in [0.25, 0.3) is 0 Å². The van der Waals surface area contributed by atoms with E-state index in [1.54, 1.807) is 0 Å². The van der Waals surface area contributed by atoms with Gasteiger partial charge in [-0.05, 0) is 46.0 Å². The molecule has 1 fully saturated rings. The van der Waals surface area contributed by atoms with Crippen molar-refractivity contribution >= 4 is 0 Å². The maximum absolute atomic E-state index is 3.65. The number of likely N-dealkylation sites (N-methyl/N-ethyl adjacent to an activating group) is 1. The number of nitrogens with zero attached hydrogens (tertiary/aromatic N) is 2. The Hall–Kier alpha value is -0.900. The minimum atomic E-state index is 0.546. The molecule has 1 aliphatic heterocycles. The first-order chi connectivity index (χ1) is 9.65. The molecule has 112 valence electrons. The lowest BCUT2D eigenvalue weighted by Crippen LogP contribution is -2.37. The van der Waals surface area contributed by atoms with Crippen molar-refractivity contribution in [2.24, 2.45) is 0 Å². The van der Waals surface area contributed by atoms with Crippen molar-refractivity contribution in [2.45, 2.75) is 31.8 Å². The van der Waals surface area contributed by atoms with Crippen LogP contribution in [0.15, 0.2) is 30.3 Å². The van der Waals surface area contributed by atoms with Crippen molar-refractivity contribution < 1.29 is 0 Å². The van der Waals surface area contributed by atoms with Crippen LogP contribution in [0.1, 0.15) is 18.9 Å². The van der Waals surface area contributed by atoms with Crippen molar-refractivity contribution in [3.05, 3.63) is 35.9 Å². The van der Waals surface area contributed by atoms with Gasteiger partial charge < -0.3 is 15.1 Å². The van der Waals surface area contributed by atoms with Crippen LogP contribution >= 0.6 is 0 Å². The first kappa shape index (κ1) is 15.5. The van der Waals surface area contributed by atoms with Crippen molar-refractivity contribution in [3.63, 3.8) is 0 Å². The van der Waals surface area contributed by atoms with E-state index in [9.17, 15) is 0 Å². The Morgan fingerprint density at radius 1 is 1.30 bits per heavy atom. The molecular weight excluding hydrogens is 246 g/mol. The van der Waals surface area contributed by atoms with E-state index in [1.165, 1.54) is 31.6 Å². The normalized spacial score (nSPS) is 21.5. The third-order valence-corrected chi connectivity index (χ3v) is 4.28. The monoisotopic (exact) mass is 275 g/mol. The fraction of sp³-hybridized carbons (Fsp3) is 0.647. The Balaban J connectivity index is 1.61. The zero-order valence-electron chi connectivity index (χ0n) is 13.2. The molecule has 0 saturated carbocycles. The molecule has 1 aromatic carbocycles. The summed E-state index contributed by atoms with van der Waals surface area (Å²) in [7, 11) is 4.38. The molecule has 0 unspecified atom stereocenters. The predicted octanol–water partition coefficient (Wildman–Crippen LogP) is 1.84. The smallest absolute Gasteiger partial charge is 0.0229 e. The van der Waals surface area contributed by atoms with Gasteiger partial charge in [-0.25, -0.2) is 0 Å². The number of hydrogen-bond donors (Lipinski definition) is 1. The molecule has 1 aromatic rings. The standard InChI is InChI=1S/C17H29N3/c1-15(13-16-7-5-4-6-8-16)18-10-12-20-11-9-17(14-20)19(2)3/h4-8,15,17-18H,9-14H2,1-3H3/t15-,17-/m0/s1. The molecule has 0 bridgehead atoms. The summed E-state index contributed by atoms with van der Waals surface area (Å²) in [5.41, 5.74) is 1.42. The van der Waals surface area contributed by atoms with Crippen LogP contribution in [0.25, 0.3) is 0 Å². The Kier molecular flexibility index (Phi) is 6.02. The van der Waals surface area contributed by atoms with Gasteiger partial charge in [-0.2, -0.15) is 0 Å². The summed E-state index contributed by atoms with van der Waals surface area (Å²) in [6.07, 6.45) is 2.42. The SMILES string of the molecule is C[C@@H](Cc1ccccc1)NCCN1CC[C@H](N(C)C)C1. The summed E-state index contributed by atoms with van der Waals surface area (Å²) in [6, 6.07) is 12.0. The molecule has 1 N–H and O–H groups in total. The van der Waals surface area contributed by atoms with E-state index >= 15 is 0 Å². The highest BCUT2D eigenvalue weighted by molar-refractivity contribution is 5.15. The molecule has 1 saturated heterocycles. The van der Waals surface area contributed by atoms with E-state index in [0.717, 1.165) is 19.0 Å². The molecule has 0 aliphatic carbocycles. The van der Waals surface area contributed by atoms with Gasteiger partial charge in [0.1, 0.15) is 0 Å². The lowest BCUT2D eigenvalue weighted by molar-refractivity contribution is 0.266. The molecule has 3 nitrogen and oxygen atoms in total. The van der Waals surface area contributed by atoms with Crippen LogP contribution in [0, 0.1) is 0 Å². The van der Waals surface area contributed by atoms with E-state index < -0.39 is 0 Å². The minimum absolute atomic E-state index is 0.546. The largest absolute Gasteiger partial charge is 0.313 e. The Labute approximate surface area is 124 Å². The molecule has 20 heavy (non-hydrogen) atoms. The number of hydrogen-bond acceptors (Lipinski definition) is 3. The third-order valence-electron chi connectivity index (χ3n) is 4.28. The summed E-state index contributed by atoms with van der Waals surface area (Å²) in [6.45, 7) is 7.01. The highest BCUT2D eigenvalue weighted by Gasteiger charge is 2.23. The minimum Gasteiger partial charge on any atom is -0.313 e. The van der Waals surface area contributed by atoms with E-state index in [0.29, 0.717) is 6.04 Å². The second kappa shape index (κ2) is 7.77. The molecule has 1 aliphatic rings. The van der Waals surface area contributed by atoms with Gasteiger partial charge >= 0.3 is 0 Å². The van der Waals surface area contributed by atoms with Crippen LogP contribution in [0.3, 0.4) is 0 Å². The summed E-state index contributed by atoms with van der Waals surface area (Å²) in [5.74, 6) is 0. The van der Waals surface area contributed by atoms with Crippen LogP contribution in [0.5, 0.6) is 0 Å². The number of rotatable bonds is 7. The molecule has 1 heterocycles. The van der Waals surface area contributed by atoms with Gasteiger partial charge in [-0.15, -0.1) is 0 Å². The maximum atomic E-state index is 3.65. The summed E-state index contributed by atoms with van der Waals surface area (Å²) in [5, 5.41) is 3.65. The van der Waals surface area contributed by atoms with E-state index in [4.69, 9.17) is 0 Å². The fourth-order valence-corrected chi connectivity index (χ4v) is 2.95. The molecule has 2 rings (SSSR count). The van der Waals surface area contributed by atoms with Crippen LogP contribution in [-0.4, -0.2) is 62.2 Å². The maximum Gasteiger partial charge on any atom is 0.0229 e. The second-order valence-electron chi connectivity index (χ2n) is 6.25. The quantitative estimate of drug-likeness (QED) is 0.819. The molecule has 0 spiro atoms. The van der Waals surface area contributed by atoms with Crippen molar-refractivity contribution in [2.75, 3.05) is 40.3 Å². The van der Waals surface area contributed by atoms with Gasteiger partial charge in [-0.1, -0.05) is 30.3 Å². The zero-order chi connectivity index (χ0) is 14.4. The summed E-state index contributed by atoms with van der Waals surface area (Å²) < 4.78 is 0. The van der Waals surface area contributed by atoms with E-state index in [2.05, 4.69) is 66.5 Å². The number of likely N-dealkylation sites (tertiary alicyclic amines) is 1. The van der Waals surface area contributed by atoms with Crippen molar-refractivity contribution in [3.8, 4) is 0 Å². The molecule has 0 amide bonds. The van der Waals surface area contributed by atoms with Crippen LogP contribution in [0.2, 0.25) is 0 Å². The molecule has 3 heteroatoms. The highest BCUT2D eigenvalue weighted by Crippen LogP contribution is 2.12. The predicted molar refractivity (Wildman–Crippen MR) is 86.1 cm³/mol. The van der Waals surface area contributed by atoms with E-state index in [1.807, 2.05) is 0 Å². The summed E-state index contributed by atoms with van der Waals surface area (Å²) in [4.78, 5) is 4.93. The lowest BCUT2D eigenvalue weighted by Gasteiger charge is -2.21. The van der Waals surface area contributed by atoms with Crippen LogP contribution in [0.4, 0.5) is 0 Å². The molecular formula is C17H29N3. The van der Waals surface area contributed by atoms with Gasteiger partial charge in [-0.3, -0.25) is 0 Å². The van der Waals surface area contributed by atoms with Gasteiger partial charge in [0, 0.05) is 31.7 Å². The average molecular weight is 275 g/mol. The van der Waals surface area contributed by atoms with Gasteiger partial charge in [0.15, 0.2) is 0 Å². The lowest BCUT2D eigenvalue weighted by atomic mass is 10.1. The van der Waals surface area contributed by atoms with Crippen molar-refractivity contribution in [1.29, 1.82) is 0 Å². The first-order valence-corrected chi connectivity index (χ1v) is 7.81. The van der Waals surface area contributed by atoms with Gasteiger partial charge in [0.2, 0.25) is 0 Å². The number of nitrogens with one attached hydrogen (secondary N) is 1. The van der Waals surface area contributed by atoms with Crippen molar-refractivity contribution in [1.82, 2.24) is 15.1 Å². The van der Waals surface area contributed by atoms with Crippen LogP contribution < -0.4 is 5.32 Å². The number of benzene rings is 1. The van der Waals surface area contributed by atoms with Crippen LogP contribution in [-0.2, 0) is 6.42 Å². The fourth-order valence-electron chi connectivity index (χ4n) is 2.95. The topological polar surface area (TPSA) is 18.5 Å². The highest BCUT2D eigenvalue weighted by atomic mass is 15.2. The Morgan fingerprint density at radius 3 is 2.70 bits per heavy atom. The molecule has 0 aromatic heterocycles. The Bertz CT molecular complexity index is 377. The molecule has 0 radical (unpaired) electrons. The zero-order valence-corrected chi connectivity index (χ0v) is 13.2. The molecule has 2 atom stereocenters. The Morgan fingerprint density at radius 2 is 2.05 bits per heavy atom. The third kappa shape index (κ3) is 4.89. The van der Waals surface area contributed by atoms with E-state index in [-0.39, 0.29) is 0 Å². The van der Waals surface area contributed by atoms with Gasteiger partial charge in [0.05, 0.1) is 0 Å². The average Bonchev–Trinajstić information content (AvgIpc) is 2.89.